The van der Waals surface area contributed by atoms with Gasteiger partial charge in [0.25, 0.3) is 0 Å². The first-order chi connectivity index (χ1) is 13.2. The Balaban J connectivity index is 1.72. The van der Waals surface area contributed by atoms with Crippen LogP contribution < -0.4 is 11.1 Å². The van der Waals surface area contributed by atoms with Crippen LogP contribution in [0.25, 0.3) is 0 Å². The second-order valence-electron chi connectivity index (χ2n) is 6.41. The highest BCUT2D eigenvalue weighted by Gasteiger charge is 2.43. The molecule has 0 aliphatic carbocycles. The van der Waals surface area contributed by atoms with Gasteiger partial charge in [-0.05, 0) is 24.1 Å². The van der Waals surface area contributed by atoms with E-state index in [1.54, 1.807) is 12.1 Å². The predicted molar refractivity (Wildman–Crippen MR) is 92.7 cm³/mol. The summed E-state index contributed by atoms with van der Waals surface area (Å²) in [6, 6.07) is 5.24. The van der Waals surface area contributed by atoms with Crippen LogP contribution in [0.2, 0.25) is 0 Å². The number of aliphatic hydroxyl groups is 4. The van der Waals surface area contributed by atoms with Crippen molar-refractivity contribution in [2.45, 2.75) is 43.2 Å². The molecular formula is C17H24N2O9. The Morgan fingerprint density at radius 1 is 1.11 bits per heavy atom. The second kappa shape index (κ2) is 9.78. The number of ether oxygens (including phenoxy) is 2. The molecule has 28 heavy (non-hydrogen) atoms. The molecule has 11 nitrogen and oxygen atoms in total. The third kappa shape index (κ3) is 5.86. The third-order valence-electron chi connectivity index (χ3n) is 4.23. The number of esters is 1. The van der Waals surface area contributed by atoms with Crippen molar-refractivity contribution in [2.75, 3.05) is 13.2 Å². The molecular weight excluding hydrogens is 376 g/mol. The zero-order valence-electron chi connectivity index (χ0n) is 14.8. The van der Waals surface area contributed by atoms with Crippen molar-refractivity contribution < 1.29 is 44.6 Å². The number of nitrogens with two attached hydrogens (primary N) is 1. The summed E-state index contributed by atoms with van der Waals surface area (Å²) in [6.07, 6.45) is -7.70. The van der Waals surface area contributed by atoms with Gasteiger partial charge in [0.15, 0.2) is 6.29 Å². The minimum absolute atomic E-state index is 0.0890. The first-order valence-corrected chi connectivity index (χ1v) is 8.53. The molecule has 0 saturated carbocycles. The van der Waals surface area contributed by atoms with E-state index in [0.717, 1.165) is 5.56 Å². The second-order valence-corrected chi connectivity index (χ2v) is 6.41. The van der Waals surface area contributed by atoms with Crippen LogP contribution in [0.3, 0.4) is 0 Å². The average molecular weight is 400 g/mol. The number of amides is 1. The number of phenols is 1. The van der Waals surface area contributed by atoms with Gasteiger partial charge in [-0.15, -0.1) is 0 Å². The van der Waals surface area contributed by atoms with Crippen LogP contribution in [-0.2, 0) is 25.5 Å². The summed E-state index contributed by atoms with van der Waals surface area (Å²) < 4.78 is 9.70. The van der Waals surface area contributed by atoms with Crippen LogP contribution in [-0.4, -0.2) is 87.3 Å². The highest BCUT2D eigenvalue weighted by atomic mass is 16.6. The summed E-state index contributed by atoms with van der Waals surface area (Å²) in [5.41, 5.74) is 6.49. The van der Waals surface area contributed by atoms with Gasteiger partial charge in [0.05, 0.1) is 6.04 Å². The van der Waals surface area contributed by atoms with E-state index in [4.69, 9.17) is 15.2 Å². The fourth-order valence-corrected chi connectivity index (χ4v) is 2.56. The number of phenolic OH excluding ortho intramolecular Hbond substituents is 1. The van der Waals surface area contributed by atoms with Gasteiger partial charge in [0.1, 0.15) is 43.3 Å². The van der Waals surface area contributed by atoms with Crippen molar-refractivity contribution in [3.8, 4) is 5.75 Å². The van der Waals surface area contributed by atoms with Gasteiger partial charge in [0.2, 0.25) is 5.91 Å². The lowest BCUT2D eigenvalue weighted by atomic mass is 9.99. The van der Waals surface area contributed by atoms with Crippen molar-refractivity contribution in [2.24, 2.45) is 5.73 Å². The number of carbonyl (C=O) groups excluding carboxylic acids is 2. The van der Waals surface area contributed by atoms with Crippen molar-refractivity contribution in [3.63, 3.8) is 0 Å². The SMILES string of the molecule is N[C@@H](Cc1ccc(O)cc1)C(=O)NCC(=O)OC[C@H]1O[C@@H](O)[C@H](O)[C@@H](O)[C@@H]1O. The highest BCUT2D eigenvalue weighted by molar-refractivity contribution is 5.85. The molecule has 0 radical (unpaired) electrons. The van der Waals surface area contributed by atoms with Crippen LogP contribution in [0.5, 0.6) is 5.75 Å². The van der Waals surface area contributed by atoms with E-state index in [2.05, 4.69) is 5.32 Å². The topological polar surface area (TPSA) is 192 Å². The van der Waals surface area contributed by atoms with Crippen molar-refractivity contribution >= 4 is 11.9 Å². The highest BCUT2D eigenvalue weighted by Crippen LogP contribution is 2.20. The van der Waals surface area contributed by atoms with Gasteiger partial charge in [-0.2, -0.15) is 0 Å². The smallest absolute Gasteiger partial charge is 0.325 e. The Hall–Kier alpha value is -2.28. The van der Waals surface area contributed by atoms with Gasteiger partial charge >= 0.3 is 5.97 Å². The molecule has 1 aromatic rings. The van der Waals surface area contributed by atoms with E-state index >= 15 is 0 Å². The standard InChI is InChI=1S/C17H24N2O9/c18-10(5-8-1-3-9(20)4-2-8)16(25)19-6-12(21)27-7-11-13(22)14(23)15(24)17(26)28-11/h1-4,10-11,13-15,17,20,22-24,26H,5-7,18H2,(H,19,25)/t10-,11+,13+,14-,15+,17+/m0/s1. The summed E-state index contributed by atoms with van der Waals surface area (Å²) >= 11 is 0. The Bertz CT molecular complexity index is 669. The van der Waals surface area contributed by atoms with Crippen LogP contribution in [0.4, 0.5) is 0 Å². The number of hydrogen-bond acceptors (Lipinski definition) is 10. The zero-order chi connectivity index (χ0) is 20.8. The maximum Gasteiger partial charge on any atom is 0.325 e. The van der Waals surface area contributed by atoms with Crippen LogP contribution in [0, 0.1) is 0 Å². The molecule has 156 valence electrons. The average Bonchev–Trinajstić information content (AvgIpc) is 2.67. The molecule has 1 amide bonds. The molecule has 1 aliphatic heterocycles. The van der Waals surface area contributed by atoms with Gasteiger partial charge in [-0.25, -0.2) is 0 Å². The largest absolute Gasteiger partial charge is 0.508 e. The number of hydrogen-bond donors (Lipinski definition) is 7. The Morgan fingerprint density at radius 3 is 2.39 bits per heavy atom. The van der Waals surface area contributed by atoms with E-state index in [1.807, 2.05) is 0 Å². The van der Waals surface area contributed by atoms with E-state index in [9.17, 15) is 35.1 Å². The molecule has 1 heterocycles. The lowest BCUT2D eigenvalue weighted by Gasteiger charge is -2.37. The molecule has 0 aromatic heterocycles. The van der Waals surface area contributed by atoms with Crippen molar-refractivity contribution in [1.29, 1.82) is 0 Å². The summed E-state index contributed by atoms with van der Waals surface area (Å²) in [4.78, 5) is 23.7. The van der Waals surface area contributed by atoms with E-state index < -0.39 is 61.8 Å². The number of rotatable bonds is 7. The Morgan fingerprint density at radius 2 is 1.75 bits per heavy atom. The molecule has 0 spiro atoms. The van der Waals surface area contributed by atoms with E-state index in [0.29, 0.717) is 0 Å². The summed E-state index contributed by atoms with van der Waals surface area (Å²) in [7, 11) is 0. The lowest BCUT2D eigenvalue weighted by Crippen LogP contribution is -2.58. The Labute approximate surface area is 160 Å². The normalized spacial score (nSPS) is 28.4. The molecule has 1 aliphatic rings. The van der Waals surface area contributed by atoms with Gasteiger partial charge in [-0.3, -0.25) is 9.59 Å². The molecule has 1 saturated heterocycles. The molecule has 0 bridgehead atoms. The quantitative estimate of drug-likeness (QED) is 0.228. The van der Waals surface area contributed by atoms with Crippen LogP contribution >= 0.6 is 0 Å². The Kier molecular flexibility index (Phi) is 7.69. The monoisotopic (exact) mass is 400 g/mol. The summed E-state index contributed by atoms with van der Waals surface area (Å²) in [6.45, 7) is -0.991. The van der Waals surface area contributed by atoms with Crippen molar-refractivity contribution in [3.05, 3.63) is 29.8 Å². The molecule has 11 heteroatoms. The number of aliphatic hydroxyl groups excluding tert-OH is 4. The zero-order valence-corrected chi connectivity index (χ0v) is 14.8. The maximum absolute atomic E-state index is 11.9. The fourth-order valence-electron chi connectivity index (χ4n) is 2.56. The fraction of sp³-hybridized carbons (Fsp3) is 0.529. The maximum atomic E-state index is 11.9. The van der Waals surface area contributed by atoms with Gasteiger partial charge in [0, 0.05) is 0 Å². The molecule has 1 aromatic carbocycles. The molecule has 2 rings (SSSR count). The van der Waals surface area contributed by atoms with Crippen LogP contribution in [0.15, 0.2) is 24.3 Å². The number of aromatic hydroxyl groups is 1. The van der Waals surface area contributed by atoms with E-state index in [-0.39, 0.29) is 12.2 Å². The minimum Gasteiger partial charge on any atom is -0.508 e. The third-order valence-corrected chi connectivity index (χ3v) is 4.23. The lowest BCUT2D eigenvalue weighted by molar-refractivity contribution is -0.287. The van der Waals surface area contributed by atoms with Crippen LogP contribution in [0.1, 0.15) is 5.56 Å². The minimum atomic E-state index is -1.74. The van der Waals surface area contributed by atoms with E-state index in [1.165, 1.54) is 12.1 Å². The van der Waals surface area contributed by atoms with Crippen molar-refractivity contribution in [1.82, 2.24) is 5.32 Å². The summed E-state index contributed by atoms with van der Waals surface area (Å²) in [5, 5.41) is 49.6. The molecule has 0 unspecified atom stereocenters. The molecule has 6 atom stereocenters. The summed E-state index contributed by atoms with van der Waals surface area (Å²) in [5.74, 6) is -1.35. The van der Waals surface area contributed by atoms with Gasteiger partial charge in [-0.1, -0.05) is 12.1 Å². The first kappa shape index (κ1) is 22.0. The number of nitrogens with one attached hydrogen (secondary N) is 1. The molecule has 8 N–H and O–H groups in total. The van der Waals surface area contributed by atoms with Gasteiger partial charge < -0.3 is 46.1 Å². The predicted octanol–water partition coefficient (Wildman–Crippen LogP) is -3.28. The number of benzene rings is 1. The molecule has 1 fully saturated rings. The first-order valence-electron chi connectivity index (χ1n) is 8.53. The number of carbonyl (C=O) groups is 2.